The second-order valence-corrected chi connectivity index (χ2v) is 7.55. The number of benzene rings is 2. The minimum Gasteiger partial charge on any atom is -0.486 e. The highest BCUT2D eigenvalue weighted by Gasteiger charge is 2.19. The second kappa shape index (κ2) is 7.85. The predicted octanol–water partition coefficient (Wildman–Crippen LogP) is 1.94. The summed E-state index contributed by atoms with van der Waals surface area (Å²) >= 11 is 0. The van der Waals surface area contributed by atoms with Crippen molar-refractivity contribution < 1.29 is 9.47 Å². The number of hydrogen-bond acceptors (Lipinski definition) is 6. The lowest BCUT2D eigenvalue weighted by Crippen LogP contribution is -2.47. The van der Waals surface area contributed by atoms with Gasteiger partial charge in [0.25, 0.3) is 5.56 Å². The van der Waals surface area contributed by atoms with Crippen molar-refractivity contribution in [2.45, 2.75) is 13.2 Å². The molecule has 0 amide bonds. The summed E-state index contributed by atoms with van der Waals surface area (Å²) in [7, 11) is 0. The molecule has 0 atom stereocenters. The molecular formula is C22H24N4O3. The maximum Gasteiger partial charge on any atom is 0.275 e. The van der Waals surface area contributed by atoms with Crippen LogP contribution in [0.5, 0.6) is 11.5 Å². The molecule has 0 saturated carbocycles. The van der Waals surface area contributed by atoms with Crippen LogP contribution in [0.4, 0.5) is 0 Å². The maximum atomic E-state index is 12.7. The van der Waals surface area contributed by atoms with Crippen molar-refractivity contribution in [3.8, 4) is 11.5 Å². The summed E-state index contributed by atoms with van der Waals surface area (Å²) < 4.78 is 12.9. The number of piperazine rings is 1. The third-order valence-corrected chi connectivity index (χ3v) is 5.57. The van der Waals surface area contributed by atoms with Gasteiger partial charge >= 0.3 is 0 Å². The molecule has 0 bridgehead atoms. The third kappa shape index (κ3) is 3.83. The van der Waals surface area contributed by atoms with Gasteiger partial charge in [0, 0.05) is 38.1 Å². The van der Waals surface area contributed by atoms with Gasteiger partial charge < -0.3 is 9.47 Å². The molecule has 0 aliphatic carbocycles. The van der Waals surface area contributed by atoms with Gasteiger partial charge in [-0.1, -0.05) is 24.3 Å². The Balaban J connectivity index is 1.20. The van der Waals surface area contributed by atoms with Crippen LogP contribution in [-0.4, -0.2) is 59.0 Å². The molecule has 1 fully saturated rings. The normalized spacial score (nSPS) is 17.5. The zero-order chi connectivity index (χ0) is 19.6. The number of aromatic nitrogens is 2. The lowest BCUT2D eigenvalue weighted by Gasteiger charge is -2.34. The number of rotatable bonds is 4. The van der Waals surface area contributed by atoms with E-state index in [0.29, 0.717) is 19.9 Å². The molecule has 2 aliphatic rings. The largest absolute Gasteiger partial charge is 0.486 e. The maximum absolute atomic E-state index is 12.7. The zero-order valence-corrected chi connectivity index (χ0v) is 16.3. The highest BCUT2D eigenvalue weighted by atomic mass is 16.6. The Morgan fingerprint density at radius 1 is 0.897 bits per heavy atom. The molecule has 0 radical (unpaired) electrons. The molecule has 0 spiro atoms. The molecule has 1 saturated heterocycles. The summed E-state index contributed by atoms with van der Waals surface area (Å²) in [5.41, 5.74) is 1.21. The second-order valence-electron chi connectivity index (χ2n) is 7.55. The molecule has 1 aromatic heterocycles. The Labute approximate surface area is 169 Å². The Hall–Kier alpha value is -2.90. The van der Waals surface area contributed by atoms with Crippen molar-refractivity contribution in [3.63, 3.8) is 0 Å². The van der Waals surface area contributed by atoms with Crippen molar-refractivity contribution in [2.24, 2.45) is 0 Å². The van der Waals surface area contributed by atoms with Crippen LogP contribution in [-0.2, 0) is 13.2 Å². The quantitative estimate of drug-likeness (QED) is 0.676. The first-order valence-corrected chi connectivity index (χ1v) is 10.0. The lowest BCUT2D eigenvalue weighted by molar-refractivity contribution is 0.0970. The van der Waals surface area contributed by atoms with Gasteiger partial charge in [0.2, 0.25) is 0 Å². The fraction of sp³-hybridized carbons (Fsp3) is 0.364. The Kier molecular flexibility index (Phi) is 4.91. The van der Waals surface area contributed by atoms with E-state index >= 15 is 0 Å². The summed E-state index contributed by atoms with van der Waals surface area (Å²) in [5.74, 6) is 1.67. The molecule has 0 unspecified atom stereocenters. The molecule has 5 rings (SSSR count). The summed E-state index contributed by atoms with van der Waals surface area (Å²) in [5, 5.41) is 5.96. The van der Waals surface area contributed by atoms with Crippen LogP contribution in [0.2, 0.25) is 0 Å². The zero-order valence-electron chi connectivity index (χ0n) is 16.3. The topological polar surface area (TPSA) is 59.8 Å². The Bertz CT molecular complexity index is 1070. The monoisotopic (exact) mass is 392 g/mol. The fourth-order valence-corrected chi connectivity index (χ4v) is 3.95. The van der Waals surface area contributed by atoms with E-state index < -0.39 is 0 Å². The van der Waals surface area contributed by atoms with Crippen LogP contribution in [0.15, 0.2) is 53.5 Å². The highest BCUT2D eigenvalue weighted by Crippen LogP contribution is 2.31. The van der Waals surface area contributed by atoms with Crippen LogP contribution in [0.1, 0.15) is 5.56 Å². The van der Waals surface area contributed by atoms with Gasteiger partial charge in [-0.2, -0.15) is 5.10 Å². The number of ether oxygens (including phenoxy) is 2. The minimum atomic E-state index is -0.0261. The van der Waals surface area contributed by atoms with Crippen molar-refractivity contribution in [1.82, 2.24) is 19.6 Å². The van der Waals surface area contributed by atoms with Gasteiger partial charge in [-0.25, -0.2) is 4.68 Å². The molecule has 29 heavy (non-hydrogen) atoms. The highest BCUT2D eigenvalue weighted by molar-refractivity contribution is 5.80. The standard InChI is InChI=1S/C22H24N4O3/c27-22-19-4-2-1-3-18(19)14-23-26(22)16-25-9-7-24(8-10-25)15-17-5-6-20-21(13-17)29-12-11-28-20/h1-6,13-14H,7-12,15-16H2. The molecule has 0 N–H and O–H groups in total. The van der Waals surface area contributed by atoms with Gasteiger partial charge in [0.15, 0.2) is 11.5 Å². The van der Waals surface area contributed by atoms with E-state index in [9.17, 15) is 4.79 Å². The molecule has 3 aromatic rings. The fourth-order valence-electron chi connectivity index (χ4n) is 3.95. The van der Waals surface area contributed by atoms with E-state index in [1.807, 2.05) is 30.3 Å². The van der Waals surface area contributed by atoms with E-state index in [0.717, 1.165) is 55.0 Å². The molecule has 7 nitrogen and oxygen atoms in total. The first kappa shape index (κ1) is 18.1. The first-order valence-electron chi connectivity index (χ1n) is 10.0. The smallest absolute Gasteiger partial charge is 0.275 e. The van der Waals surface area contributed by atoms with Gasteiger partial charge in [-0.3, -0.25) is 14.6 Å². The number of hydrogen-bond donors (Lipinski definition) is 0. The van der Waals surface area contributed by atoms with Crippen molar-refractivity contribution in [2.75, 3.05) is 39.4 Å². The summed E-state index contributed by atoms with van der Waals surface area (Å²) in [6.45, 7) is 6.37. The number of nitrogens with zero attached hydrogens (tertiary/aromatic N) is 4. The molecule has 3 heterocycles. The Morgan fingerprint density at radius 3 is 2.52 bits per heavy atom. The van der Waals surface area contributed by atoms with Crippen LogP contribution < -0.4 is 15.0 Å². The van der Waals surface area contributed by atoms with Crippen LogP contribution >= 0.6 is 0 Å². The van der Waals surface area contributed by atoms with Crippen molar-refractivity contribution >= 4 is 10.8 Å². The van der Waals surface area contributed by atoms with Gasteiger partial charge in [-0.05, 0) is 23.8 Å². The van der Waals surface area contributed by atoms with E-state index in [1.165, 1.54) is 5.56 Å². The summed E-state index contributed by atoms with van der Waals surface area (Å²) in [6.07, 6.45) is 1.77. The van der Waals surface area contributed by atoms with Gasteiger partial charge in [0.05, 0.1) is 18.3 Å². The molecular weight excluding hydrogens is 368 g/mol. The van der Waals surface area contributed by atoms with E-state index in [1.54, 1.807) is 10.9 Å². The van der Waals surface area contributed by atoms with Crippen LogP contribution in [0.25, 0.3) is 10.8 Å². The van der Waals surface area contributed by atoms with Crippen LogP contribution in [0.3, 0.4) is 0 Å². The van der Waals surface area contributed by atoms with Crippen molar-refractivity contribution in [1.29, 1.82) is 0 Å². The lowest BCUT2D eigenvalue weighted by atomic mass is 10.1. The van der Waals surface area contributed by atoms with Crippen molar-refractivity contribution in [3.05, 3.63) is 64.6 Å². The average molecular weight is 392 g/mol. The molecule has 2 aromatic carbocycles. The predicted molar refractivity (Wildman–Crippen MR) is 110 cm³/mol. The molecule has 150 valence electrons. The first-order chi connectivity index (χ1) is 14.3. The third-order valence-electron chi connectivity index (χ3n) is 5.57. The summed E-state index contributed by atoms with van der Waals surface area (Å²) in [6, 6.07) is 13.8. The average Bonchev–Trinajstić information content (AvgIpc) is 2.77. The minimum absolute atomic E-state index is 0.0261. The van der Waals surface area contributed by atoms with E-state index in [2.05, 4.69) is 27.0 Å². The van der Waals surface area contributed by atoms with Crippen LogP contribution in [0, 0.1) is 0 Å². The SMILES string of the molecule is O=c1c2ccccc2cnn1CN1CCN(Cc2ccc3c(c2)OCCO3)CC1. The molecule has 2 aliphatic heterocycles. The van der Waals surface area contributed by atoms with Gasteiger partial charge in [-0.15, -0.1) is 0 Å². The Morgan fingerprint density at radius 2 is 1.66 bits per heavy atom. The van der Waals surface area contributed by atoms with E-state index in [-0.39, 0.29) is 5.56 Å². The summed E-state index contributed by atoms with van der Waals surface area (Å²) in [4.78, 5) is 17.4. The van der Waals surface area contributed by atoms with Gasteiger partial charge in [0.1, 0.15) is 13.2 Å². The molecule has 7 heteroatoms. The number of fused-ring (bicyclic) bond motifs is 2. The van der Waals surface area contributed by atoms with E-state index in [4.69, 9.17) is 9.47 Å².